The summed E-state index contributed by atoms with van der Waals surface area (Å²) in [5.41, 5.74) is 2.88. The predicted molar refractivity (Wildman–Crippen MR) is 111 cm³/mol. The standard InChI is InChI=1S/C22H25BrF2N2O2/c1-13(28)27-21(9-14-7-17(24)11-18(25)8-14)22(29)12-26-20-4-2-3-15-5-6-16(23)10-19(15)20/h5-8,10-11,20-22,26,29H,2-4,9,12H2,1H3,(H,27,28). The van der Waals surface area contributed by atoms with Crippen molar-refractivity contribution in [2.75, 3.05) is 6.54 Å². The van der Waals surface area contributed by atoms with Crippen LogP contribution in [0.2, 0.25) is 0 Å². The quantitative estimate of drug-likeness (QED) is 0.581. The van der Waals surface area contributed by atoms with Crippen LogP contribution in [0.4, 0.5) is 8.78 Å². The number of aliphatic hydroxyl groups is 1. The first-order valence-electron chi connectivity index (χ1n) is 9.73. The molecule has 0 spiro atoms. The Morgan fingerprint density at radius 2 is 1.97 bits per heavy atom. The molecule has 0 saturated carbocycles. The van der Waals surface area contributed by atoms with E-state index in [4.69, 9.17) is 0 Å². The molecular formula is C22H25BrF2N2O2. The van der Waals surface area contributed by atoms with Crippen LogP contribution in [0.3, 0.4) is 0 Å². The van der Waals surface area contributed by atoms with E-state index in [0.29, 0.717) is 5.56 Å². The van der Waals surface area contributed by atoms with Crippen molar-refractivity contribution in [3.05, 3.63) is 69.2 Å². The minimum Gasteiger partial charge on any atom is -0.390 e. The lowest BCUT2D eigenvalue weighted by Crippen LogP contribution is -2.48. The number of hydrogen-bond donors (Lipinski definition) is 3. The van der Waals surface area contributed by atoms with Crippen LogP contribution in [0.25, 0.3) is 0 Å². The van der Waals surface area contributed by atoms with Crippen molar-refractivity contribution >= 4 is 21.8 Å². The van der Waals surface area contributed by atoms with Gasteiger partial charge in [-0.05, 0) is 66.6 Å². The highest BCUT2D eigenvalue weighted by molar-refractivity contribution is 9.10. The van der Waals surface area contributed by atoms with Gasteiger partial charge in [-0.15, -0.1) is 0 Å². The molecule has 4 nitrogen and oxygen atoms in total. The highest BCUT2D eigenvalue weighted by Crippen LogP contribution is 2.31. The molecule has 2 aromatic rings. The SMILES string of the molecule is CC(=O)NC(Cc1cc(F)cc(F)c1)C(O)CNC1CCCc2ccc(Br)cc21. The Morgan fingerprint density at radius 3 is 2.66 bits per heavy atom. The van der Waals surface area contributed by atoms with Crippen molar-refractivity contribution in [3.63, 3.8) is 0 Å². The Morgan fingerprint density at radius 1 is 1.24 bits per heavy atom. The van der Waals surface area contributed by atoms with Gasteiger partial charge in [0.15, 0.2) is 0 Å². The summed E-state index contributed by atoms with van der Waals surface area (Å²) < 4.78 is 28.0. The van der Waals surface area contributed by atoms with Crippen LogP contribution in [0.1, 0.15) is 42.5 Å². The zero-order chi connectivity index (χ0) is 21.0. The predicted octanol–water partition coefficient (Wildman–Crippen LogP) is 3.80. The van der Waals surface area contributed by atoms with Crippen LogP contribution in [0, 0.1) is 11.6 Å². The van der Waals surface area contributed by atoms with E-state index in [-0.39, 0.29) is 24.9 Å². The lowest BCUT2D eigenvalue weighted by atomic mass is 9.87. The van der Waals surface area contributed by atoms with E-state index in [9.17, 15) is 18.7 Å². The number of aryl methyl sites for hydroxylation is 1. The third-order valence-electron chi connectivity index (χ3n) is 5.23. The third kappa shape index (κ3) is 6.07. The number of nitrogens with one attached hydrogen (secondary N) is 2. The van der Waals surface area contributed by atoms with Crippen LogP contribution in [0.5, 0.6) is 0 Å². The lowest BCUT2D eigenvalue weighted by Gasteiger charge is -2.30. The van der Waals surface area contributed by atoms with Crippen molar-refractivity contribution in [1.82, 2.24) is 10.6 Å². The zero-order valence-corrected chi connectivity index (χ0v) is 17.8. The van der Waals surface area contributed by atoms with Crippen LogP contribution in [-0.4, -0.2) is 29.7 Å². The first-order chi connectivity index (χ1) is 13.8. The summed E-state index contributed by atoms with van der Waals surface area (Å²) in [6.07, 6.45) is 2.26. The largest absolute Gasteiger partial charge is 0.390 e. The van der Waals surface area contributed by atoms with E-state index >= 15 is 0 Å². The fourth-order valence-electron chi connectivity index (χ4n) is 3.91. The van der Waals surface area contributed by atoms with Crippen LogP contribution in [0.15, 0.2) is 40.9 Å². The maximum Gasteiger partial charge on any atom is 0.217 e. The molecule has 156 valence electrons. The first kappa shape index (κ1) is 21.9. The smallest absolute Gasteiger partial charge is 0.217 e. The number of aliphatic hydroxyl groups excluding tert-OH is 1. The summed E-state index contributed by atoms with van der Waals surface area (Å²) >= 11 is 3.51. The Labute approximate surface area is 177 Å². The summed E-state index contributed by atoms with van der Waals surface area (Å²) in [5, 5.41) is 16.8. The number of hydrogen-bond acceptors (Lipinski definition) is 3. The van der Waals surface area contributed by atoms with E-state index in [0.717, 1.165) is 29.8 Å². The number of fused-ring (bicyclic) bond motifs is 1. The number of rotatable bonds is 7. The van der Waals surface area contributed by atoms with Crippen molar-refractivity contribution in [2.24, 2.45) is 0 Å². The molecule has 3 rings (SSSR count). The Balaban J connectivity index is 1.68. The van der Waals surface area contributed by atoms with Gasteiger partial charge in [0.25, 0.3) is 0 Å². The number of amides is 1. The monoisotopic (exact) mass is 466 g/mol. The molecular weight excluding hydrogens is 442 g/mol. The summed E-state index contributed by atoms with van der Waals surface area (Å²) in [6.45, 7) is 1.60. The lowest BCUT2D eigenvalue weighted by molar-refractivity contribution is -0.120. The maximum atomic E-state index is 13.5. The second kappa shape index (κ2) is 9.78. The second-order valence-electron chi connectivity index (χ2n) is 7.55. The molecule has 3 unspecified atom stereocenters. The van der Waals surface area contributed by atoms with Gasteiger partial charge >= 0.3 is 0 Å². The van der Waals surface area contributed by atoms with E-state index in [2.05, 4.69) is 38.7 Å². The first-order valence-corrected chi connectivity index (χ1v) is 10.5. The molecule has 0 bridgehead atoms. The van der Waals surface area contributed by atoms with Crippen LogP contribution in [-0.2, 0) is 17.6 Å². The molecule has 1 aliphatic carbocycles. The van der Waals surface area contributed by atoms with E-state index in [1.807, 2.05) is 6.07 Å². The minimum atomic E-state index is -0.914. The molecule has 0 radical (unpaired) electrons. The normalized spacial score (nSPS) is 18.0. The Hall–Kier alpha value is -1.83. The highest BCUT2D eigenvalue weighted by atomic mass is 79.9. The van der Waals surface area contributed by atoms with Gasteiger partial charge in [-0.1, -0.05) is 22.0 Å². The van der Waals surface area contributed by atoms with Gasteiger partial charge in [-0.25, -0.2) is 8.78 Å². The van der Waals surface area contributed by atoms with Crippen molar-refractivity contribution in [2.45, 2.75) is 50.8 Å². The Kier molecular flexibility index (Phi) is 7.38. The molecule has 0 fully saturated rings. The van der Waals surface area contributed by atoms with Gasteiger partial charge < -0.3 is 15.7 Å². The molecule has 0 heterocycles. The summed E-state index contributed by atoms with van der Waals surface area (Å²) in [5.74, 6) is -1.67. The van der Waals surface area contributed by atoms with Gasteiger partial charge in [0.1, 0.15) is 11.6 Å². The number of carbonyl (C=O) groups excluding carboxylic acids is 1. The number of carbonyl (C=O) groups is 1. The summed E-state index contributed by atoms with van der Waals surface area (Å²) in [4.78, 5) is 11.6. The fraction of sp³-hybridized carbons (Fsp3) is 0.409. The van der Waals surface area contributed by atoms with E-state index < -0.39 is 23.8 Å². The van der Waals surface area contributed by atoms with Gasteiger partial charge in [0, 0.05) is 30.0 Å². The van der Waals surface area contributed by atoms with Crippen LogP contribution >= 0.6 is 15.9 Å². The average Bonchev–Trinajstić information content (AvgIpc) is 2.64. The molecule has 2 aromatic carbocycles. The molecule has 0 aliphatic heterocycles. The molecule has 3 atom stereocenters. The minimum absolute atomic E-state index is 0.107. The van der Waals surface area contributed by atoms with Gasteiger partial charge in [-0.3, -0.25) is 4.79 Å². The molecule has 1 aliphatic rings. The summed E-state index contributed by atoms with van der Waals surface area (Å²) in [7, 11) is 0. The second-order valence-corrected chi connectivity index (χ2v) is 8.47. The van der Waals surface area contributed by atoms with Gasteiger partial charge in [0.05, 0.1) is 12.1 Å². The van der Waals surface area contributed by atoms with Gasteiger partial charge in [0.2, 0.25) is 5.91 Å². The van der Waals surface area contributed by atoms with E-state index in [1.54, 1.807) is 0 Å². The third-order valence-corrected chi connectivity index (χ3v) is 5.72. The molecule has 0 saturated heterocycles. The maximum absolute atomic E-state index is 13.5. The fourth-order valence-corrected chi connectivity index (χ4v) is 4.29. The molecule has 7 heteroatoms. The van der Waals surface area contributed by atoms with Gasteiger partial charge in [-0.2, -0.15) is 0 Å². The van der Waals surface area contributed by atoms with E-state index in [1.165, 1.54) is 30.2 Å². The van der Waals surface area contributed by atoms with Crippen molar-refractivity contribution in [3.8, 4) is 0 Å². The van der Waals surface area contributed by atoms with Crippen molar-refractivity contribution < 1.29 is 18.7 Å². The molecule has 3 N–H and O–H groups in total. The van der Waals surface area contributed by atoms with Crippen LogP contribution < -0.4 is 10.6 Å². The number of benzene rings is 2. The molecule has 0 aromatic heterocycles. The highest BCUT2D eigenvalue weighted by Gasteiger charge is 2.25. The molecule has 29 heavy (non-hydrogen) atoms. The number of halogens is 3. The average molecular weight is 467 g/mol. The summed E-state index contributed by atoms with van der Waals surface area (Å²) in [6, 6.07) is 8.91. The Bertz CT molecular complexity index is 858. The molecule has 1 amide bonds. The zero-order valence-electron chi connectivity index (χ0n) is 16.2. The topological polar surface area (TPSA) is 61.4 Å². The van der Waals surface area contributed by atoms with Crippen molar-refractivity contribution in [1.29, 1.82) is 0 Å².